The molecule has 0 spiro atoms. The van der Waals surface area contributed by atoms with Crippen LogP contribution in [-0.2, 0) is 4.74 Å². The fraction of sp³-hybridized carbons (Fsp3) is 0.478. The third kappa shape index (κ3) is 5.64. The summed E-state index contributed by atoms with van der Waals surface area (Å²) in [5.41, 5.74) is 0.594. The molecular weight excluding hydrogens is 426 g/mol. The van der Waals surface area contributed by atoms with Gasteiger partial charge in [0.25, 0.3) is 5.91 Å². The molecule has 3 rings (SSSR count). The van der Waals surface area contributed by atoms with Gasteiger partial charge in [0, 0.05) is 12.6 Å². The lowest BCUT2D eigenvalue weighted by Crippen LogP contribution is -2.52. The first kappa shape index (κ1) is 23.7. The zero-order chi connectivity index (χ0) is 23.7. The van der Waals surface area contributed by atoms with E-state index in [1.807, 2.05) is 49.9 Å². The molecule has 3 aromatic rings. The molecule has 2 amide bonds. The number of rotatable bonds is 6. The second-order valence-electron chi connectivity index (χ2n) is 9.65. The van der Waals surface area contributed by atoms with Gasteiger partial charge in [-0.15, -0.1) is 11.3 Å². The lowest BCUT2D eigenvalue weighted by atomic mass is 10.0. The van der Waals surface area contributed by atoms with Crippen molar-refractivity contribution in [2.24, 2.45) is 0 Å². The zero-order valence-corrected chi connectivity index (χ0v) is 20.5. The van der Waals surface area contributed by atoms with Crippen molar-refractivity contribution >= 4 is 34.4 Å². The molecule has 0 aliphatic heterocycles. The van der Waals surface area contributed by atoms with Gasteiger partial charge in [0.2, 0.25) is 0 Å². The van der Waals surface area contributed by atoms with Crippen LogP contribution >= 0.6 is 11.3 Å². The first-order valence-electron chi connectivity index (χ1n) is 10.6. The molecular formula is C23H31N5O3S. The quantitative estimate of drug-likeness (QED) is 0.555. The maximum Gasteiger partial charge on any atom is 0.407 e. The second kappa shape index (κ2) is 8.90. The summed E-state index contributed by atoms with van der Waals surface area (Å²) in [7, 11) is 0. The molecule has 0 radical (unpaired) electrons. The molecule has 0 saturated heterocycles. The third-order valence-corrected chi connectivity index (χ3v) is 5.49. The van der Waals surface area contributed by atoms with Crippen LogP contribution in [0, 0.1) is 0 Å². The van der Waals surface area contributed by atoms with E-state index >= 15 is 0 Å². The lowest BCUT2D eigenvalue weighted by molar-refractivity contribution is 0.0509. The molecule has 0 aromatic carbocycles. The fourth-order valence-corrected chi connectivity index (χ4v) is 3.85. The lowest BCUT2D eigenvalue weighted by Gasteiger charge is -2.28. The number of amides is 2. The first-order chi connectivity index (χ1) is 14.9. The van der Waals surface area contributed by atoms with Crippen LogP contribution in [0.25, 0.3) is 21.6 Å². The Bertz CT molecular complexity index is 1110. The second-order valence-corrected chi connectivity index (χ2v) is 10.6. The molecule has 8 nitrogen and oxygen atoms in total. The SMILES string of the molecule is CC(C)n1ncc2c(C(=O)NC(C)(C)CNC(=O)OC(C)(C)C)cc(-c3cccs3)nc21. The number of hydrogen-bond acceptors (Lipinski definition) is 6. The predicted octanol–water partition coefficient (Wildman–Crippen LogP) is 4.77. The van der Waals surface area contributed by atoms with Crippen LogP contribution in [0.5, 0.6) is 0 Å². The Kier molecular flexibility index (Phi) is 6.59. The van der Waals surface area contributed by atoms with E-state index in [9.17, 15) is 9.59 Å². The smallest absolute Gasteiger partial charge is 0.407 e. The highest BCUT2D eigenvalue weighted by Gasteiger charge is 2.26. The molecule has 0 fully saturated rings. The first-order valence-corrected chi connectivity index (χ1v) is 11.5. The Morgan fingerprint density at radius 1 is 1.22 bits per heavy atom. The number of carbonyl (C=O) groups excluding carboxylic acids is 2. The van der Waals surface area contributed by atoms with E-state index in [1.54, 1.807) is 44.4 Å². The van der Waals surface area contributed by atoms with E-state index < -0.39 is 17.2 Å². The van der Waals surface area contributed by atoms with Crippen LogP contribution in [-0.4, -0.2) is 44.4 Å². The Labute approximate surface area is 192 Å². The van der Waals surface area contributed by atoms with E-state index in [-0.39, 0.29) is 18.5 Å². The summed E-state index contributed by atoms with van der Waals surface area (Å²) in [6.45, 7) is 13.4. The highest BCUT2D eigenvalue weighted by Crippen LogP contribution is 2.29. The van der Waals surface area contributed by atoms with Gasteiger partial charge in [-0.3, -0.25) is 4.79 Å². The van der Waals surface area contributed by atoms with Crippen molar-refractivity contribution in [1.82, 2.24) is 25.4 Å². The van der Waals surface area contributed by atoms with Gasteiger partial charge in [-0.2, -0.15) is 5.10 Å². The topological polar surface area (TPSA) is 98.1 Å². The van der Waals surface area contributed by atoms with Gasteiger partial charge in [0.1, 0.15) is 5.60 Å². The van der Waals surface area contributed by atoms with Crippen molar-refractivity contribution in [2.45, 2.75) is 65.6 Å². The summed E-state index contributed by atoms with van der Waals surface area (Å²) in [5.74, 6) is -0.255. The number of hydrogen-bond donors (Lipinski definition) is 2. The number of thiophene rings is 1. The average molecular weight is 458 g/mol. The Morgan fingerprint density at radius 3 is 2.53 bits per heavy atom. The number of carbonyl (C=O) groups is 2. The largest absolute Gasteiger partial charge is 0.444 e. The predicted molar refractivity (Wildman–Crippen MR) is 127 cm³/mol. The molecule has 0 atom stereocenters. The third-order valence-electron chi connectivity index (χ3n) is 4.60. The minimum Gasteiger partial charge on any atom is -0.444 e. The number of nitrogens with zero attached hydrogens (tertiary/aromatic N) is 3. The Balaban J connectivity index is 1.87. The van der Waals surface area contributed by atoms with E-state index in [2.05, 4.69) is 15.7 Å². The molecule has 32 heavy (non-hydrogen) atoms. The molecule has 0 aliphatic rings. The highest BCUT2D eigenvalue weighted by molar-refractivity contribution is 7.13. The van der Waals surface area contributed by atoms with Crippen molar-refractivity contribution in [3.63, 3.8) is 0 Å². The van der Waals surface area contributed by atoms with Crippen LogP contribution in [0.4, 0.5) is 4.79 Å². The molecule has 172 valence electrons. The summed E-state index contributed by atoms with van der Waals surface area (Å²) in [5, 5.41) is 12.9. The molecule has 0 unspecified atom stereocenters. The van der Waals surface area contributed by atoms with E-state index in [0.29, 0.717) is 16.6 Å². The van der Waals surface area contributed by atoms with Crippen LogP contribution in [0.15, 0.2) is 29.8 Å². The molecule has 3 aromatic heterocycles. The van der Waals surface area contributed by atoms with Crippen molar-refractivity contribution < 1.29 is 14.3 Å². The summed E-state index contributed by atoms with van der Waals surface area (Å²) in [6, 6.07) is 5.83. The van der Waals surface area contributed by atoms with Gasteiger partial charge in [-0.25, -0.2) is 14.5 Å². The van der Waals surface area contributed by atoms with Gasteiger partial charge < -0.3 is 15.4 Å². The average Bonchev–Trinajstić information content (AvgIpc) is 3.33. The molecule has 0 bridgehead atoms. The summed E-state index contributed by atoms with van der Waals surface area (Å²) in [4.78, 5) is 31.1. The van der Waals surface area contributed by atoms with E-state index in [0.717, 1.165) is 10.6 Å². The van der Waals surface area contributed by atoms with Crippen LogP contribution in [0.1, 0.15) is 64.9 Å². The summed E-state index contributed by atoms with van der Waals surface area (Å²) >= 11 is 1.57. The molecule has 3 heterocycles. The normalized spacial score (nSPS) is 12.2. The zero-order valence-electron chi connectivity index (χ0n) is 19.6. The number of ether oxygens (including phenoxy) is 1. The molecule has 0 saturated carbocycles. The number of alkyl carbamates (subject to hydrolysis) is 1. The number of aromatic nitrogens is 3. The van der Waals surface area contributed by atoms with Gasteiger partial charge in [0.15, 0.2) is 5.65 Å². The standard InChI is InChI=1S/C23H31N5O3S/c1-14(2)28-19-16(12-25-28)15(11-17(26-19)18-9-8-10-32-18)20(29)27-23(6,7)13-24-21(30)31-22(3,4)5/h8-12,14H,13H2,1-7H3,(H,24,30)(H,27,29). The summed E-state index contributed by atoms with van der Waals surface area (Å²) < 4.78 is 7.10. The molecule has 0 aliphatic carbocycles. The van der Waals surface area contributed by atoms with E-state index in [1.165, 1.54) is 0 Å². The van der Waals surface area contributed by atoms with Crippen LogP contribution in [0.3, 0.4) is 0 Å². The van der Waals surface area contributed by atoms with Gasteiger partial charge in [-0.05, 0) is 66.0 Å². The van der Waals surface area contributed by atoms with Gasteiger partial charge >= 0.3 is 6.09 Å². The Hall–Kier alpha value is -2.94. The fourth-order valence-electron chi connectivity index (χ4n) is 3.16. The van der Waals surface area contributed by atoms with Crippen molar-refractivity contribution in [1.29, 1.82) is 0 Å². The van der Waals surface area contributed by atoms with Gasteiger partial charge in [-0.1, -0.05) is 6.07 Å². The van der Waals surface area contributed by atoms with E-state index in [4.69, 9.17) is 9.72 Å². The van der Waals surface area contributed by atoms with Gasteiger partial charge in [0.05, 0.1) is 33.3 Å². The number of fused-ring (bicyclic) bond motifs is 1. The monoisotopic (exact) mass is 457 g/mol. The Morgan fingerprint density at radius 2 is 1.94 bits per heavy atom. The van der Waals surface area contributed by atoms with Crippen molar-refractivity contribution in [3.05, 3.63) is 35.3 Å². The maximum absolute atomic E-state index is 13.3. The van der Waals surface area contributed by atoms with Crippen molar-refractivity contribution in [3.8, 4) is 10.6 Å². The highest BCUT2D eigenvalue weighted by atomic mass is 32.1. The number of pyridine rings is 1. The van der Waals surface area contributed by atoms with Crippen LogP contribution in [0.2, 0.25) is 0 Å². The number of nitrogens with one attached hydrogen (secondary N) is 2. The maximum atomic E-state index is 13.3. The van der Waals surface area contributed by atoms with Crippen LogP contribution < -0.4 is 10.6 Å². The van der Waals surface area contributed by atoms with Crippen molar-refractivity contribution in [2.75, 3.05) is 6.54 Å². The minimum absolute atomic E-state index is 0.101. The summed E-state index contributed by atoms with van der Waals surface area (Å²) in [6.07, 6.45) is 1.16. The minimum atomic E-state index is -0.708. The molecule has 2 N–H and O–H groups in total. The molecule has 9 heteroatoms.